The van der Waals surface area contributed by atoms with Crippen LogP contribution in [0.25, 0.3) is 0 Å². The molecule has 14 heteroatoms. The Morgan fingerprint density at radius 3 is 1.17 bits per heavy atom. The molecule has 0 saturated carbocycles. The highest BCUT2D eigenvalue weighted by atomic mass is 79.9. The predicted molar refractivity (Wildman–Crippen MR) is 187 cm³/mol. The van der Waals surface area contributed by atoms with Crippen molar-refractivity contribution in [2.45, 2.75) is 131 Å². The third-order valence-corrected chi connectivity index (χ3v) is 10.8. The van der Waals surface area contributed by atoms with E-state index in [1.165, 1.54) is 12.1 Å². The van der Waals surface area contributed by atoms with Crippen LogP contribution in [0.3, 0.4) is 0 Å². The highest BCUT2D eigenvalue weighted by Gasteiger charge is 2.63. The van der Waals surface area contributed by atoms with E-state index in [0.29, 0.717) is 0 Å². The van der Waals surface area contributed by atoms with E-state index in [0.717, 1.165) is 21.1 Å². The van der Waals surface area contributed by atoms with Crippen molar-refractivity contribution < 1.29 is 36.7 Å². The molecule has 3 saturated heterocycles. The maximum atomic E-state index is 13.3. The molecule has 2 aromatic rings. The minimum absolute atomic E-state index is 0.116. The Labute approximate surface area is 283 Å². The smallest absolute Gasteiger partial charge is 0.405 e. The van der Waals surface area contributed by atoms with E-state index in [1.807, 2.05) is 96.9 Å². The Morgan fingerprint density at radius 2 is 0.826 bits per heavy atom. The molecule has 0 atom stereocenters. The zero-order valence-corrected chi connectivity index (χ0v) is 31.4. The molecule has 254 valence electrons. The van der Waals surface area contributed by atoms with E-state index in [-0.39, 0.29) is 39.6 Å². The summed E-state index contributed by atoms with van der Waals surface area (Å²) in [5.74, 6) is -0.770. The summed E-state index contributed by atoms with van der Waals surface area (Å²) >= 11 is 3.23. The van der Waals surface area contributed by atoms with Crippen molar-refractivity contribution in [3.63, 3.8) is 0 Å². The largest absolute Gasteiger partial charge is 0.495 e. The molecule has 4 N–H and O–H groups in total. The molecule has 3 heterocycles. The molecule has 2 aromatic carbocycles. The van der Waals surface area contributed by atoms with E-state index in [9.17, 15) is 8.78 Å². The second kappa shape index (κ2) is 13.0. The highest BCUT2D eigenvalue weighted by molar-refractivity contribution is 9.10. The summed E-state index contributed by atoms with van der Waals surface area (Å²) in [5.41, 5.74) is 11.3. The standard InChI is InChI=1S/C13H19BFNO2.C12H24B2O4.C7H7BrFN/c1-8-6-10(15)11(16)7-9(8)14-17-12(2,3)13(4,5)18-14;1-9(2)10(3,4)16-13(15-9)14-17-11(5,6)12(7,8)18-14;1-4-2-6(9)7(10)3-5(4)8/h6-7H,16H2,1-5H3;1-8H3;2-3H,10H2,1H3. The van der Waals surface area contributed by atoms with Gasteiger partial charge in [-0.2, -0.15) is 0 Å². The van der Waals surface area contributed by atoms with Gasteiger partial charge in [-0.1, -0.05) is 15.9 Å². The Hall–Kier alpha value is -1.67. The molecule has 3 aliphatic heterocycles. The second-order valence-electron chi connectivity index (χ2n) is 15.2. The second-order valence-corrected chi connectivity index (χ2v) is 16.0. The number of nitrogens with two attached hydrogens (primary N) is 2. The van der Waals surface area contributed by atoms with Gasteiger partial charge in [0.25, 0.3) is 0 Å². The minimum atomic E-state index is -0.502. The summed E-state index contributed by atoms with van der Waals surface area (Å²) < 4.78 is 62.5. The quantitative estimate of drug-likeness (QED) is 0.261. The normalized spacial score (nSPS) is 23.0. The van der Waals surface area contributed by atoms with Crippen molar-refractivity contribution >= 4 is 53.9 Å². The number of nitrogen functional groups attached to an aromatic ring is 2. The maximum Gasteiger partial charge on any atom is 0.495 e. The Morgan fingerprint density at radius 1 is 0.522 bits per heavy atom. The molecule has 0 unspecified atom stereocenters. The minimum Gasteiger partial charge on any atom is -0.405 e. The third kappa shape index (κ3) is 7.96. The lowest BCUT2D eigenvalue weighted by molar-refractivity contribution is 0.00578. The molecule has 0 aliphatic carbocycles. The van der Waals surface area contributed by atoms with Crippen LogP contribution in [0.15, 0.2) is 28.7 Å². The zero-order valence-electron chi connectivity index (χ0n) is 29.8. The van der Waals surface area contributed by atoms with E-state index in [1.54, 1.807) is 12.1 Å². The summed E-state index contributed by atoms with van der Waals surface area (Å²) in [5, 5.41) is 0. The highest BCUT2D eigenvalue weighted by Crippen LogP contribution is 2.43. The molecular formula is C32H50B3BrF2N2O6. The summed E-state index contributed by atoms with van der Waals surface area (Å²) in [4.78, 5) is 0. The van der Waals surface area contributed by atoms with E-state index >= 15 is 0 Å². The van der Waals surface area contributed by atoms with Gasteiger partial charge < -0.3 is 39.4 Å². The van der Waals surface area contributed by atoms with Crippen molar-refractivity contribution in [3.05, 3.63) is 51.5 Å². The van der Waals surface area contributed by atoms with Crippen molar-refractivity contribution in [1.82, 2.24) is 0 Å². The summed E-state index contributed by atoms with van der Waals surface area (Å²) in [6, 6.07) is 5.96. The molecule has 3 aliphatic rings. The fourth-order valence-corrected chi connectivity index (χ4v) is 4.95. The fourth-order valence-electron chi connectivity index (χ4n) is 4.59. The van der Waals surface area contributed by atoms with Gasteiger partial charge in [0.05, 0.1) is 45.0 Å². The number of hydrogen-bond acceptors (Lipinski definition) is 8. The van der Waals surface area contributed by atoms with E-state index in [2.05, 4.69) is 15.9 Å². The average Bonchev–Trinajstić information content (AvgIpc) is 3.34. The Balaban J connectivity index is 0.000000196. The number of benzene rings is 2. The van der Waals surface area contributed by atoms with Gasteiger partial charge >= 0.3 is 21.1 Å². The van der Waals surface area contributed by atoms with Crippen LogP contribution in [-0.2, 0) is 27.9 Å². The first-order valence-electron chi connectivity index (χ1n) is 15.5. The van der Waals surface area contributed by atoms with Crippen LogP contribution >= 0.6 is 15.9 Å². The third-order valence-electron chi connectivity index (χ3n) is 9.94. The molecule has 0 amide bonds. The summed E-state index contributed by atoms with van der Waals surface area (Å²) in [6.45, 7) is 27.8. The van der Waals surface area contributed by atoms with Crippen molar-refractivity contribution in [3.8, 4) is 0 Å². The Bertz CT molecular complexity index is 1310. The Kier molecular flexibility index (Phi) is 10.9. The lowest BCUT2D eigenvalue weighted by Gasteiger charge is -2.32. The molecule has 5 rings (SSSR count). The molecule has 0 radical (unpaired) electrons. The lowest BCUT2D eigenvalue weighted by Crippen LogP contribution is -2.41. The monoisotopic (exact) mass is 708 g/mol. The van der Waals surface area contributed by atoms with Gasteiger partial charge in [-0.3, -0.25) is 0 Å². The van der Waals surface area contributed by atoms with Crippen LogP contribution in [0.5, 0.6) is 0 Å². The van der Waals surface area contributed by atoms with Crippen molar-refractivity contribution in [1.29, 1.82) is 0 Å². The van der Waals surface area contributed by atoms with Crippen LogP contribution in [0.2, 0.25) is 0 Å². The van der Waals surface area contributed by atoms with Crippen LogP contribution in [0, 0.1) is 25.5 Å². The number of aryl methyl sites for hydroxylation is 2. The molecule has 3 fully saturated rings. The fraction of sp³-hybridized carbons (Fsp3) is 0.625. The maximum absolute atomic E-state index is 13.3. The van der Waals surface area contributed by atoms with Crippen molar-refractivity contribution in [2.75, 3.05) is 11.5 Å². The van der Waals surface area contributed by atoms with Crippen molar-refractivity contribution in [2.24, 2.45) is 0 Å². The van der Waals surface area contributed by atoms with Crippen LogP contribution in [0.4, 0.5) is 20.2 Å². The zero-order chi connectivity index (χ0) is 35.4. The van der Waals surface area contributed by atoms with Gasteiger partial charge in [-0.15, -0.1) is 0 Å². The molecule has 8 nitrogen and oxygen atoms in total. The summed E-state index contributed by atoms with van der Waals surface area (Å²) in [6.07, 6.45) is 0. The van der Waals surface area contributed by atoms with Gasteiger partial charge in [-0.05, 0) is 138 Å². The van der Waals surface area contributed by atoms with Gasteiger partial charge in [0.15, 0.2) is 0 Å². The SMILES string of the molecule is CC1(C)OB(B2OC(C)(C)C(C)(C)O2)OC1(C)C.Cc1cc(F)c(N)cc1B1OC(C)(C)C(C)(C)O1.Cc1cc(F)c(N)cc1Br. The van der Waals surface area contributed by atoms with Crippen LogP contribution in [-0.4, -0.2) is 54.7 Å². The van der Waals surface area contributed by atoms with Gasteiger partial charge in [0.1, 0.15) is 11.6 Å². The van der Waals surface area contributed by atoms with Crippen LogP contribution in [0.1, 0.15) is 94.2 Å². The van der Waals surface area contributed by atoms with Gasteiger partial charge in [0, 0.05) is 4.47 Å². The predicted octanol–water partition coefficient (Wildman–Crippen LogP) is 6.74. The van der Waals surface area contributed by atoms with Gasteiger partial charge in [0.2, 0.25) is 0 Å². The lowest BCUT2D eigenvalue weighted by atomic mass is 9.49. The molecule has 0 bridgehead atoms. The number of anilines is 2. The molecule has 46 heavy (non-hydrogen) atoms. The number of rotatable bonds is 2. The molecule has 0 aromatic heterocycles. The van der Waals surface area contributed by atoms with E-state index < -0.39 is 38.2 Å². The summed E-state index contributed by atoms with van der Waals surface area (Å²) in [7, 11) is -1.45. The first-order chi connectivity index (χ1) is 20.6. The number of halogens is 3. The first-order valence-corrected chi connectivity index (χ1v) is 16.3. The molecular weight excluding hydrogens is 659 g/mol. The number of hydrogen-bond donors (Lipinski definition) is 2. The van der Waals surface area contributed by atoms with Gasteiger partial charge in [-0.25, -0.2) is 8.78 Å². The van der Waals surface area contributed by atoms with E-state index in [4.69, 9.17) is 39.4 Å². The topological polar surface area (TPSA) is 107 Å². The average molecular weight is 709 g/mol. The molecule has 0 spiro atoms. The first kappa shape index (κ1) is 38.8. The van der Waals surface area contributed by atoms with Crippen LogP contribution < -0.4 is 16.9 Å².